The van der Waals surface area contributed by atoms with E-state index in [0.29, 0.717) is 6.04 Å². The SMILES string of the molecule is c1cnc2c(NC3CCCCC3)ncnc2c1. The predicted molar refractivity (Wildman–Crippen MR) is 67.8 cm³/mol. The van der Waals surface area contributed by atoms with Crippen LogP contribution in [-0.4, -0.2) is 21.0 Å². The quantitative estimate of drug-likeness (QED) is 0.858. The zero-order valence-electron chi connectivity index (χ0n) is 9.76. The van der Waals surface area contributed by atoms with Crippen LogP contribution in [0.4, 0.5) is 5.82 Å². The molecule has 17 heavy (non-hydrogen) atoms. The molecule has 1 aliphatic carbocycles. The van der Waals surface area contributed by atoms with Crippen LogP contribution >= 0.6 is 0 Å². The highest BCUT2D eigenvalue weighted by molar-refractivity contribution is 5.84. The van der Waals surface area contributed by atoms with Gasteiger partial charge in [-0.2, -0.15) is 0 Å². The molecular formula is C13H16N4. The van der Waals surface area contributed by atoms with Gasteiger partial charge in [-0.3, -0.25) is 4.98 Å². The maximum absolute atomic E-state index is 4.36. The summed E-state index contributed by atoms with van der Waals surface area (Å²) in [4.78, 5) is 12.9. The Kier molecular flexibility index (Phi) is 2.86. The Bertz CT molecular complexity index is 500. The monoisotopic (exact) mass is 228 g/mol. The van der Waals surface area contributed by atoms with Crippen LogP contribution in [0.5, 0.6) is 0 Å². The molecule has 2 heterocycles. The van der Waals surface area contributed by atoms with Gasteiger partial charge in [0, 0.05) is 12.2 Å². The molecule has 0 radical (unpaired) electrons. The van der Waals surface area contributed by atoms with E-state index in [1.54, 1.807) is 12.5 Å². The molecule has 3 rings (SSSR count). The van der Waals surface area contributed by atoms with Gasteiger partial charge in [-0.25, -0.2) is 9.97 Å². The average Bonchev–Trinajstić information content (AvgIpc) is 2.40. The van der Waals surface area contributed by atoms with E-state index in [1.165, 1.54) is 32.1 Å². The van der Waals surface area contributed by atoms with Gasteiger partial charge in [-0.15, -0.1) is 0 Å². The fourth-order valence-corrected chi connectivity index (χ4v) is 2.44. The first kappa shape index (κ1) is 10.4. The lowest BCUT2D eigenvalue weighted by molar-refractivity contribution is 0.462. The van der Waals surface area contributed by atoms with E-state index in [2.05, 4.69) is 20.3 Å². The standard InChI is InChI=1S/C13H16N4/c1-2-5-10(6-3-1)17-13-12-11(15-9-16-13)7-4-8-14-12/h4,7-10H,1-3,5-6H2,(H,15,16,17). The van der Waals surface area contributed by atoms with Crippen molar-refractivity contribution < 1.29 is 0 Å². The van der Waals surface area contributed by atoms with Crippen molar-refractivity contribution in [1.82, 2.24) is 15.0 Å². The van der Waals surface area contributed by atoms with Crippen LogP contribution in [-0.2, 0) is 0 Å². The fraction of sp³-hybridized carbons (Fsp3) is 0.462. The van der Waals surface area contributed by atoms with Gasteiger partial charge in [0.25, 0.3) is 0 Å². The number of fused-ring (bicyclic) bond motifs is 1. The molecule has 0 unspecified atom stereocenters. The molecular weight excluding hydrogens is 212 g/mol. The van der Waals surface area contributed by atoms with Gasteiger partial charge in [0.05, 0.1) is 5.52 Å². The molecule has 1 aliphatic rings. The number of rotatable bonds is 2. The van der Waals surface area contributed by atoms with Crippen molar-refractivity contribution in [1.29, 1.82) is 0 Å². The molecule has 2 aromatic heterocycles. The summed E-state index contributed by atoms with van der Waals surface area (Å²) in [6, 6.07) is 4.42. The topological polar surface area (TPSA) is 50.7 Å². The Morgan fingerprint density at radius 3 is 2.82 bits per heavy atom. The molecule has 88 valence electrons. The van der Waals surface area contributed by atoms with Gasteiger partial charge in [0.15, 0.2) is 5.82 Å². The van der Waals surface area contributed by atoms with Crippen molar-refractivity contribution in [2.75, 3.05) is 5.32 Å². The van der Waals surface area contributed by atoms with Gasteiger partial charge in [-0.05, 0) is 25.0 Å². The Morgan fingerprint density at radius 2 is 1.94 bits per heavy atom. The zero-order valence-corrected chi connectivity index (χ0v) is 9.76. The number of pyridine rings is 1. The molecule has 0 spiro atoms. The summed E-state index contributed by atoms with van der Waals surface area (Å²) in [5.41, 5.74) is 1.78. The smallest absolute Gasteiger partial charge is 0.156 e. The molecule has 0 bridgehead atoms. The number of nitrogens with one attached hydrogen (secondary N) is 1. The van der Waals surface area contributed by atoms with E-state index in [4.69, 9.17) is 0 Å². The van der Waals surface area contributed by atoms with Crippen molar-refractivity contribution in [2.45, 2.75) is 38.1 Å². The van der Waals surface area contributed by atoms with Crippen molar-refractivity contribution >= 4 is 16.9 Å². The first-order valence-electron chi connectivity index (χ1n) is 6.26. The Labute approximate surface area is 101 Å². The van der Waals surface area contributed by atoms with Gasteiger partial charge < -0.3 is 5.32 Å². The van der Waals surface area contributed by atoms with E-state index >= 15 is 0 Å². The van der Waals surface area contributed by atoms with Crippen LogP contribution in [0, 0.1) is 0 Å². The van der Waals surface area contributed by atoms with E-state index in [9.17, 15) is 0 Å². The van der Waals surface area contributed by atoms with Crippen LogP contribution in [0.3, 0.4) is 0 Å². The Balaban J connectivity index is 1.89. The highest BCUT2D eigenvalue weighted by atomic mass is 15.1. The third-order valence-corrected chi connectivity index (χ3v) is 3.34. The summed E-state index contributed by atoms with van der Waals surface area (Å²) in [7, 11) is 0. The van der Waals surface area contributed by atoms with E-state index in [0.717, 1.165) is 16.9 Å². The second kappa shape index (κ2) is 4.65. The maximum atomic E-state index is 4.36. The van der Waals surface area contributed by atoms with Gasteiger partial charge in [0.2, 0.25) is 0 Å². The van der Waals surface area contributed by atoms with Crippen LogP contribution in [0.15, 0.2) is 24.7 Å². The number of nitrogens with zero attached hydrogens (tertiary/aromatic N) is 3. The molecule has 4 nitrogen and oxygen atoms in total. The number of hydrogen-bond acceptors (Lipinski definition) is 4. The van der Waals surface area contributed by atoms with E-state index in [-0.39, 0.29) is 0 Å². The molecule has 0 atom stereocenters. The molecule has 0 saturated heterocycles. The lowest BCUT2D eigenvalue weighted by Crippen LogP contribution is -2.23. The lowest BCUT2D eigenvalue weighted by Gasteiger charge is -2.23. The summed E-state index contributed by atoms with van der Waals surface area (Å²) in [5, 5.41) is 3.51. The molecule has 1 N–H and O–H groups in total. The first-order chi connectivity index (χ1) is 8.43. The molecule has 1 saturated carbocycles. The van der Waals surface area contributed by atoms with Crippen LogP contribution in [0.1, 0.15) is 32.1 Å². The third kappa shape index (κ3) is 2.20. The van der Waals surface area contributed by atoms with Crippen molar-refractivity contribution in [2.24, 2.45) is 0 Å². The number of anilines is 1. The molecule has 0 amide bonds. The van der Waals surface area contributed by atoms with Gasteiger partial charge in [-0.1, -0.05) is 19.3 Å². The summed E-state index contributed by atoms with van der Waals surface area (Å²) in [6.45, 7) is 0. The maximum Gasteiger partial charge on any atom is 0.156 e. The van der Waals surface area contributed by atoms with Crippen molar-refractivity contribution in [3.8, 4) is 0 Å². The van der Waals surface area contributed by atoms with Gasteiger partial charge >= 0.3 is 0 Å². The number of hydrogen-bond donors (Lipinski definition) is 1. The van der Waals surface area contributed by atoms with E-state index in [1.807, 2.05) is 12.1 Å². The van der Waals surface area contributed by atoms with Crippen LogP contribution in [0.25, 0.3) is 11.0 Å². The van der Waals surface area contributed by atoms with Crippen LogP contribution < -0.4 is 5.32 Å². The highest BCUT2D eigenvalue weighted by Crippen LogP contribution is 2.23. The first-order valence-corrected chi connectivity index (χ1v) is 6.26. The molecule has 2 aromatic rings. The fourth-order valence-electron chi connectivity index (χ4n) is 2.44. The van der Waals surface area contributed by atoms with E-state index < -0.39 is 0 Å². The largest absolute Gasteiger partial charge is 0.365 e. The molecule has 0 aromatic carbocycles. The zero-order chi connectivity index (χ0) is 11.5. The Morgan fingerprint density at radius 1 is 1.06 bits per heavy atom. The summed E-state index contributed by atoms with van der Waals surface area (Å²) >= 11 is 0. The van der Waals surface area contributed by atoms with Crippen molar-refractivity contribution in [3.05, 3.63) is 24.7 Å². The minimum absolute atomic E-state index is 0.545. The predicted octanol–water partition coefficient (Wildman–Crippen LogP) is 2.77. The number of aromatic nitrogens is 3. The summed E-state index contributed by atoms with van der Waals surface area (Å²) in [6.07, 6.45) is 9.85. The lowest BCUT2D eigenvalue weighted by atomic mass is 9.95. The minimum atomic E-state index is 0.545. The van der Waals surface area contributed by atoms with Crippen LogP contribution in [0.2, 0.25) is 0 Å². The minimum Gasteiger partial charge on any atom is -0.365 e. The Hall–Kier alpha value is -1.71. The molecule has 0 aliphatic heterocycles. The third-order valence-electron chi connectivity index (χ3n) is 3.34. The average molecular weight is 228 g/mol. The van der Waals surface area contributed by atoms with Crippen molar-refractivity contribution in [3.63, 3.8) is 0 Å². The normalized spacial score (nSPS) is 17.2. The highest BCUT2D eigenvalue weighted by Gasteiger charge is 2.15. The summed E-state index contributed by atoms with van der Waals surface area (Å²) in [5.74, 6) is 0.877. The molecule has 4 heteroatoms. The summed E-state index contributed by atoms with van der Waals surface area (Å²) < 4.78 is 0. The second-order valence-electron chi connectivity index (χ2n) is 4.57. The van der Waals surface area contributed by atoms with Gasteiger partial charge in [0.1, 0.15) is 11.8 Å². The molecule has 1 fully saturated rings. The second-order valence-corrected chi connectivity index (χ2v) is 4.57.